The number of para-hydroxylation sites is 1. The van der Waals surface area contributed by atoms with Gasteiger partial charge in [0.05, 0.1) is 17.1 Å². The number of aromatic nitrogens is 2. The van der Waals surface area contributed by atoms with Crippen LogP contribution in [0.1, 0.15) is 11.1 Å². The molecular formula is C34H21BrClN3O3. The molecule has 204 valence electrons. The van der Waals surface area contributed by atoms with Crippen molar-refractivity contribution in [3.8, 4) is 17.3 Å². The molecule has 42 heavy (non-hydrogen) atoms. The summed E-state index contributed by atoms with van der Waals surface area (Å²) in [5.74, 6) is 1.36. The maximum absolute atomic E-state index is 13.8. The van der Waals surface area contributed by atoms with Crippen LogP contribution < -0.4 is 10.3 Å². The fourth-order valence-electron chi connectivity index (χ4n) is 4.91. The number of benzene rings is 5. The smallest absolute Gasteiger partial charge is 0.282 e. The third kappa shape index (κ3) is 4.98. The van der Waals surface area contributed by atoms with Crippen molar-refractivity contribution < 1.29 is 9.15 Å². The van der Waals surface area contributed by atoms with E-state index in [-0.39, 0.29) is 5.56 Å². The number of hydrogen-bond acceptors (Lipinski definition) is 5. The lowest BCUT2D eigenvalue weighted by Crippen LogP contribution is -2.20. The quantitative estimate of drug-likeness (QED) is 0.171. The predicted octanol–water partition coefficient (Wildman–Crippen LogP) is 8.84. The highest BCUT2D eigenvalue weighted by atomic mass is 79.9. The molecule has 0 atom stereocenters. The zero-order valence-corrected chi connectivity index (χ0v) is 24.3. The summed E-state index contributed by atoms with van der Waals surface area (Å²) in [4.78, 5) is 18.6. The van der Waals surface area contributed by atoms with Crippen LogP contribution in [0.5, 0.6) is 5.75 Å². The van der Waals surface area contributed by atoms with Gasteiger partial charge in [0, 0.05) is 20.4 Å². The van der Waals surface area contributed by atoms with Gasteiger partial charge in [0.15, 0.2) is 5.76 Å². The molecule has 2 aromatic heterocycles. The van der Waals surface area contributed by atoms with Gasteiger partial charge in [-0.15, -0.1) is 0 Å². The molecule has 8 heteroatoms. The van der Waals surface area contributed by atoms with E-state index in [4.69, 9.17) is 30.8 Å². The number of furan rings is 1. The highest BCUT2D eigenvalue weighted by molar-refractivity contribution is 9.10. The summed E-state index contributed by atoms with van der Waals surface area (Å²) in [5.41, 5.74) is 2.64. The van der Waals surface area contributed by atoms with Crippen LogP contribution in [0, 0.1) is 0 Å². The first kappa shape index (κ1) is 26.2. The van der Waals surface area contributed by atoms with E-state index in [1.54, 1.807) is 18.3 Å². The average molecular weight is 635 g/mol. The summed E-state index contributed by atoms with van der Waals surface area (Å²) in [6.45, 7) is 0.341. The zero-order valence-electron chi connectivity index (χ0n) is 22.0. The highest BCUT2D eigenvalue weighted by Gasteiger charge is 2.17. The van der Waals surface area contributed by atoms with E-state index in [2.05, 4.69) is 15.9 Å². The first-order valence-electron chi connectivity index (χ1n) is 13.2. The van der Waals surface area contributed by atoms with Crippen LogP contribution in [0.3, 0.4) is 0 Å². The van der Waals surface area contributed by atoms with Crippen molar-refractivity contribution in [2.24, 2.45) is 5.10 Å². The van der Waals surface area contributed by atoms with Crippen molar-refractivity contribution >= 4 is 66.4 Å². The Morgan fingerprint density at radius 1 is 0.881 bits per heavy atom. The Labute approximate surface area is 253 Å². The highest BCUT2D eigenvalue weighted by Crippen LogP contribution is 2.30. The summed E-state index contributed by atoms with van der Waals surface area (Å²) < 4.78 is 14.6. The Bertz CT molecular complexity index is 2200. The monoisotopic (exact) mass is 633 g/mol. The normalized spacial score (nSPS) is 11.7. The molecule has 5 aromatic carbocycles. The summed E-state index contributed by atoms with van der Waals surface area (Å²) in [6, 6.07) is 34.2. The molecule has 7 aromatic rings. The van der Waals surface area contributed by atoms with Crippen LogP contribution in [-0.2, 0) is 6.61 Å². The molecule has 0 fully saturated rings. The van der Waals surface area contributed by atoms with Crippen LogP contribution in [0.25, 0.3) is 44.2 Å². The van der Waals surface area contributed by atoms with Gasteiger partial charge in [0.1, 0.15) is 17.9 Å². The minimum absolute atomic E-state index is 0.297. The minimum Gasteiger partial charge on any atom is -0.488 e. The minimum atomic E-state index is -0.308. The maximum atomic E-state index is 13.8. The van der Waals surface area contributed by atoms with Crippen molar-refractivity contribution in [2.75, 3.05) is 0 Å². The molecule has 0 aliphatic rings. The van der Waals surface area contributed by atoms with Gasteiger partial charge >= 0.3 is 0 Å². The molecule has 0 saturated carbocycles. The molecule has 0 bridgehead atoms. The standard InChI is InChI=1S/C34H21BrClN3O3/c35-24-12-16-30-23(17-24)18-32(42-30)33-38-29-8-4-3-7-27(29)34(40)39(33)37-19-28-26-6-2-1-5-22(26)11-15-31(28)41-20-21-9-13-25(36)14-10-21/h1-19H,20H2. The second-order valence-corrected chi connectivity index (χ2v) is 11.1. The van der Waals surface area contributed by atoms with Crippen LogP contribution in [0.4, 0.5) is 0 Å². The first-order valence-corrected chi connectivity index (χ1v) is 14.4. The van der Waals surface area contributed by atoms with E-state index in [1.165, 1.54) is 4.68 Å². The van der Waals surface area contributed by atoms with Gasteiger partial charge in [-0.1, -0.05) is 82.1 Å². The number of halogens is 2. The van der Waals surface area contributed by atoms with Gasteiger partial charge in [-0.3, -0.25) is 4.79 Å². The van der Waals surface area contributed by atoms with E-state index < -0.39 is 0 Å². The van der Waals surface area contributed by atoms with Crippen LogP contribution in [-0.4, -0.2) is 15.9 Å². The van der Waals surface area contributed by atoms with E-state index in [0.29, 0.717) is 45.4 Å². The van der Waals surface area contributed by atoms with Crippen molar-refractivity contribution in [2.45, 2.75) is 6.61 Å². The number of rotatable bonds is 6. The summed E-state index contributed by atoms with van der Waals surface area (Å²) >= 11 is 9.57. The van der Waals surface area contributed by atoms with E-state index >= 15 is 0 Å². The second kappa shape index (κ2) is 10.9. The second-order valence-electron chi connectivity index (χ2n) is 9.72. The maximum Gasteiger partial charge on any atom is 0.282 e. The van der Waals surface area contributed by atoms with Crippen molar-refractivity contribution in [3.05, 3.63) is 140 Å². The predicted molar refractivity (Wildman–Crippen MR) is 172 cm³/mol. The number of ether oxygens (including phenoxy) is 1. The van der Waals surface area contributed by atoms with Gasteiger partial charge in [0.2, 0.25) is 5.82 Å². The Balaban J connectivity index is 1.38. The van der Waals surface area contributed by atoms with Crippen LogP contribution in [0.15, 0.2) is 128 Å². The van der Waals surface area contributed by atoms with Gasteiger partial charge < -0.3 is 9.15 Å². The lowest BCUT2D eigenvalue weighted by molar-refractivity contribution is 0.306. The fourth-order valence-corrected chi connectivity index (χ4v) is 5.41. The lowest BCUT2D eigenvalue weighted by Gasteiger charge is -2.12. The molecule has 0 unspecified atom stereocenters. The van der Waals surface area contributed by atoms with Crippen molar-refractivity contribution in [1.82, 2.24) is 9.66 Å². The number of hydrogen-bond donors (Lipinski definition) is 0. The summed E-state index contributed by atoms with van der Waals surface area (Å²) in [6.07, 6.45) is 1.65. The Morgan fingerprint density at radius 2 is 1.67 bits per heavy atom. The Hall–Kier alpha value is -4.72. The SMILES string of the molecule is O=c1c2ccccc2nc(-c2cc3cc(Br)ccc3o2)n1N=Cc1c(OCc2ccc(Cl)cc2)ccc2ccccc12. The Kier molecular flexibility index (Phi) is 6.82. The molecule has 6 nitrogen and oxygen atoms in total. The molecule has 0 aliphatic heterocycles. The molecule has 0 N–H and O–H groups in total. The lowest BCUT2D eigenvalue weighted by atomic mass is 10.0. The molecule has 0 radical (unpaired) electrons. The van der Waals surface area contributed by atoms with Gasteiger partial charge in [-0.25, -0.2) is 4.98 Å². The largest absolute Gasteiger partial charge is 0.488 e. The van der Waals surface area contributed by atoms with E-state index in [1.807, 2.05) is 97.1 Å². The molecule has 0 saturated heterocycles. The molecule has 0 spiro atoms. The third-order valence-corrected chi connectivity index (χ3v) is 7.74. The summed E-state index contributed by atoms with van der Waals surface area (Å²) in [5, 5.41) is 8.67. The molecule has 7 rings (SSSR count). The van der Waals surface area contributed by atoms with Gasteiger partial charge in [-0.2, -0.15) is 9.78 Å². The van der Waals surface area contributed by atoms with E-state index in [0.717, 1.165) is 31.8 Å². The van der Waals surface area contributed by atoms with E-state index in [9.17, 15) is 4.79 Å². The zero-order chi connectivity index (χ0) is 28.6. The summed E-state index contributed by atoms with van der Waals surface area (Å²) in [7, 11) is 0. The topological polar surface area (TPSA) is 69.6 Å². The third-order valence-electron chi connectivity index (χ3n) is 6.99. The average Bonchev–Trinajstić information content (AvgIpc) is 3.43. The van der Waals surface area contributed by atoms with Crippen molar-refractivity contribution in [3.63, 3.8) is 0 Å². The van der Waals surface area contributed by atoms with Crippen LogP contribution in [0.2, 0.25) is 5.02 Å². The molecular weight excluding hydrogens is 614 g/mol. The van der Waals surface area contributed by atoms with Crippen molar-refractivity contribution in [1.29, 1.82) is 0 Å². The molecule has 0 amide bonds. The molecule has 2 heterocycles. The number of fused-ring (bicyclic) bond motifs is 3. The number of nitrogens with zero attached hydrogens (tertiary/aromatic N) is 3. The van der Waals surface area contributed by atoms with Crippen LogP contribution >= 0.6 is 27.5 Å². The fraction of sp³-hybridized carbons (Fsp3) is 0.0294. The van der Waals surface area contributed by atoms with Gasteiger partial charge in [-0.05, 0) is 70.9 Å². The molecule has 0 aliphatic carbocycles. The first-order chi connectivity index (χ1) is 20.5. The van der Waals surface area contributed by atoms with Gasteiger partial charge in [0.25, 0.3) is 5.56 Å². The Morgan fingerprint density at radius 3 is 2.52 bits per heavy atom.